The highest BCUT2D eigenvalue weighted by molar-refractivity contribution is 9.11. The molecule has 0 atom stereocenters. The summed E-state index contributed by atoms with van der Waals surface area (Å²) in [4.78, 5) is 27.8. The predicted octanol–water partition coefficient (Wildman–Crippen LogP) is 2.21. The van der Waals surface area contributed by atoms with Crippen molar-refractivity contribution in [2.45, 2.75) is 6.92 Å². The molecular formula is C13H15BrN2O2S. The van der Waals surface area contributed by atoms with Crippen LogP contribution in [0, 0.1) is 0 Å². The summed E-state index contributed by atoms with van der Waals surface area (Å²) in [6.07, 6.45) is 3.43. The first-order chi connectivity index (χ1) is 9.06. The summed E-state index contributed by atoms with van der Waals surface area (Å²) in [6.45, 7) is 4.03. The monoisotopic (exact) mass is 342 g/mol. The van der Waals surface area contributed by atoms with Gasteiger partial charge >= 0.3 is 0 Å². The fourth-order valence-electron chi connectivity index (χ4n) is 1.92. The van der Waals surface area contributed by atoms with Gasteiger partial charge in [-0.3, -0.25) is 9.59 Å². The van der Waals surface area contributed by atoms with Gasteiger partial charge in [-0.1, -0.05) is 0 Å². The second-order valence-electron chi connectivity index (χ2n) is 4.31. The van der Waals surface area contributed by atoms with Crippen molar-refractivity contribution in [1.29, 1.82) is 0 Å². The summed E-state index contributed by atoms with van der Waals surface area (Å²) in [6, 6.07) is 3.92. The molecule has 0 aliphatic carbocycles. The molecule has 19 heavy (non-hydrogen) atoms. The number of amides is 2. The van der Waals surface area contributed by atoms with E-state index in [-0.39, 0.29) is 11.8 Å². The predicted molar refractivity (Wildman–Crippen MR) is 79.9 cm³/mol. The Bertz CT molecular complexity index is 504. The van der Waals surface area contributed by atoms with Crippen molar-refractivity contribution in [1.82, 2.24) is 9.80 Å². The minimum Gasteiger partial charge on any atom is -0.339 e. The number of halogens is 1. The Morgan fingerprint density at radius 2 is 1.84 bits per heavy atom. The molecule has 0 N–H and O–H groups in total. The lowest BCUT2D eigenvalue weighted by Gasteiger charge is -2.33. The van der Waals surface area contributed by atoms with E-state index in [2.05, 4.69) is 15.9 Å². The molecule has 1 aromatic rings. The second kappa shape index (κ2) is 6.34. The summed E-state index contributed by atoms with van der Waals surface area (Å²) in [5, 5.41) is 0. The summed E-state index contributed by atoms with van der Waals surface area (Å²) < 4.78 is 1.05. The summed E-state index contributed by atoms with van der Waals surface area (Å²) in [7, 11) is 0. The van der Waals surface area contributed by atoms with Crippen LogP contribution >= 0.6 is 27.3 Å². The van der Waals surface area contributed by atoms with Gasteiger partial charge in [-0.25, -0.2) is 0 Å². The molecule has 0 unspecified atom stereocenters. The van der Waals surface area contributed by atoms with Crippen LogP contribution in [-0.2, 0) is 9.59 Å². The van der Waals surface area contributed by atoms with Crippen LogP contribution in [0.2, 0.25) is 0 Å². The number of carbonyl (C=O) groups excluding carboxylic acids is 2. The van der Waals surface area contributed by atoms with Crippen LogP contribution in [0.15, 0.2) is 22.0 Å². The van der Waals surface area contributed by atoms with Crippen LogP contribution in [0.3, 0.4) is 0 Å². The topological polar surface area (TPSA) is 40.6 Å². The van der Waals surface area contributed by atoms with Gasteiger partial charge in [0.2, 0.25) is 11.8 Å². The zero-order valence-corrected chi connectivity index (χ0v) is 13.0. The third kappa shape index (κ3) is 3.91. The van der Waals surface area contributed by atoms with Crippen molar-refractivity contribution in [3.8, 4) is 0 Å². The van der Waals surface area contributed by atoms with Gasteiger partial charge in [0, 0.05) is 44.1 Å². The molecular weight excluding hydrogens is 328 g/mol. The third-order valence-electron chi connectivity index (χ3n) is 3.02. The highest BCUT2D eigenvalue weighted by atomic mass is 79.9. The van der Waals surface area contributed by atoms with Crippen molar-refractivity contribution < 1.29 is 9.59 Å². The van der Waals surface area contributed by atoms with E-state index in [0.29, 0.717) is 26.2 Å². The molecule has 2 rings (SSSR count). The normalized spacial score (nSPS) is 16.1. The Labute approximate surface area is 124 Å². The van der Waals surface area contributed by atoms with Crippen molar-refractivity contribution in [3.63, 3.8) is 0 Å². The van der Waals surface area contributed by atoms with Gasteiger partial charge in [-0.05, 0) is 34.1 Å². The van der Waals surface area contributed by atoms with Crippen molar-refractivity contribution in [2.75, 3.05) is 26.2 Å². The molecule has 0 spiro atoms. The number of piperazine rings is 1. The van der Waals surface area contributed by atoms with Gasteiger partial charge < -0.3 is 9.80 Å². The lowest BCUT2D eigenvalue weighted by Crippen LogP contribution is -2.49. The van der Waals surface area contributed by atoms with Gasteiger partial charge in [-0.2, -0.15) is 0 Å². The van der Waals surface area contributed by atoms with Gasteiger partial charge in [0.1, 0.15) is 0 Å². The Hall–Kier alpha value is -1.14. The maximum absolute atomic E-state index is 12.0. The number of nitrogens with zero attached hydrogens (tertiary/aromatic N) is 2. The zero-order valence-electron chi connectivity index (χ0n) is 10.6. The van der Waals surface area contributed by atoms with Crippen LogP contribution in [-0.4, -0.2) is 47.8 Å². The van der Waals surface area contributed by atoms with Crippen molar-refractivity contribution in [2.24, 2.45) is 0 Å². The van der Waals surface area contributed by atoms with E-state index in [0.717, 1.165) is 8.66 Å². The first-order valence-electron chi connectivity index (χ1n) is 6.04. The molecule has 0 aromatic carbocycles. The highest BCUT2D eigenvalue weighted by Gasteiger charge is 2.20. The maximum atomic E-state index is 12.0. The molecule has 4 nitrogen and oxygen atoms in total. The number of rotatable bonds is 2. The number of hydrogen-bond donors (Lipinski definition) is 0. The van der Waals surface area contributed by atoms with Gasteiger partial charge in [-0.15, -0.1) is 11.3 Å². The van der Waals surface area contributed by atoms with Crippen LogP contribution in [0.5, 0.6) is 0 Å². The summed E-state index contributed by atoms with van der Waals surface area (Å²) in [5.74, 6) is 0.0822. The number of thiophene rings is 1. The first-order valence-corrected chi connectivity index (χ1v) is 7.65. The maximum Gasteiger partial charge on any atom is 0.246 e. The van der Waals surface area contributed by atoms with Crippen LogP contribution in [0.4, 0.5) is 0 Å². The van der Waals surface area contributed by atoms with Crippen LogP contribution in [0.1, 0.15) is 11.8 Å². The Morgan fingerprint density at radius 3 is 2.37 bits per heavy atom. The van der Waals surface area contributed by atoms with Gasteiger partial charge in [0.05, 0.1) is 3.79 Å². The lowest BCUT2D eigenvalue weighted by atomic mass is 10.3. The third-order valence-corrected chi connectivity index (χ3v) is 4.61. The molecule has 0 radical (unpaired) electrons. The number of hydrogen-bond acceptors (Lipinski definition) is 3. The SMILES string of the molecule is CC(=O)N1CCN(C(=O)/C=C/c2ccc(Br)s2)CC1. The van der Waals surface area contributed by atoms with E-state index < -0.39 is 0 Å². The quantitative estimate of drug-likeness (QED) is 0.773. The minimum absolute atomic E-state index is 0.00715. The van der Waals surface area contributed by atoms with Crippen LogP contribution in [0.25, 0.3) is 6.08 Å². The van der Waals surface area contributed by atoms with Gasteiger partial charge in [0.25, 0.3) is 0 Å². The molecule has 2 heterocycles. The van der Waals surface area contributed by atoms with E-state index >= 15 is 0 Å². The summed E-state index contributed by atoms with van der Waals surface area (Å²) >= 11 is 4.97. The average Bonchev–Trinajstić information content (AvgIpc) is 2.82. The molecule has 1 aliphatic rings. The highest BCUT2D eigenvalue weighted by Crippen LogP contribution is 2.23. The van der Waals surface area contributed by atoms with E-state index in [9.17, 15) is 9.59 Å². The molecule has 102 valence electrons. The first kappa shape index (κ1) is 14.3. The second-order valence-corrected chi connectivity index (χ2v) is 6.80. The van der Waals surface area contributed by atoms with Crippen molar-refractivity contribution >= 4 is 45.2 Å². The average molecular weight is 343 g/mol. The fourth-order valence-corrected chi connectivity index (χ4v) is 3.24. The smallest absolute Gasteiger partial charge is 0.246 e. The van der Waals surface area contributed by atoms with E-state index in [1.807, 2.05) is 18.2 Å². The lowest BCUT2D eigenvalue weighted by molar-refractivity contribution is -0.135. The fraction of sp³-hybridized carbons (Fsp3) is 0.385. The molecule has 1 saturated heterocycles. The molecule has 6 heteroatoms. The van der Waals surface area contributed by atoms with Crippen LogP contribution < -0.4 is 0 Å². The Balaban J connectivity index is 1.88. The largest absolute Gasteiger partial charge is 0.339 e. The minimum atomic E-state index is 0.00715. The molecule has 1 aromatic heterocycles. The van der Waals surface area contributed by atoms with E-state index in [1.54, 1.807) is 34.1 Å². The molecule has 0 bridgehead atoms. The van der Waals surface area contributed by atoms with E-state index in [4.69, 9.17) is 0 Å². The standard InChI is InChI=1S/C13H15BrN2O2S/c1-10(17)15-6-8-16(9-7-15)13(18)5-3-11-2-4-12(14)19-11/h2-5H,6-9H2,1H3/b5-3+. The molecule has 0 saturated carbocycles. The molecule has 1 fully saturated rings. The zero-order chi connectivity index (χ0) is 13.8. The molecule has 1 aliphatic heterocycles. The Kier molecular flexibility index (Phi) is 4.76. The Morgan fingerprint density at radius 1 is 1.21 bits per heavy atom. The molecule has 2 amide bonds. The summed E-state index contributed by atoms with van der Waals surface area (Å²) in [5.41, 5.74) is 0. The van der Waals surface area contributed by atoms with E-state index in [1.165, 1.54) is 0 Å². The number of carbonyl (C=O) groups is 2. The van der Waals surface area contributed by atoms with Gasteiger partial charge in [0.15, 0.2) is 0 Å². The van der Waals surface area contributed by atoms with Crippen molar-refractivity contribution in [3.05, 3.63) is 26.9 Å².